The number of aliphatic hydroxyl groups excluding tert-OH is 1. The molecule has 6 heteroatoms. The van der Waals surface area contributed by atoms with Gasteiger partial charge in [0, 0.05) is 13.0 Å². The van der Waals surface area contributed by atoms with Gasteiger partial charge in [0.1, 0.15) is 6.04 Å². The predicted molar refractivity (Wildman–Crippen MR) is 56.6 cm³/mol. The molecule has 90 valence electrons. The van der Waals surface area contributed by atoms with Crippen LogP contribution in [0.4, 0.5) is 0 Å². The number of rotatable bonds is 4. The maximum absolute atomic E-state index is 11.8. The van der Waals surface area contributed by atoms with E-state index in [9.17, 15) is 14.7 Å². The van der Waals surface area contributed by atoms with Gasteiger partial charge in [-0.15, -0.1) is 6.58 Å². The Kier molecular flexibility index (Phi) is 4.03. The monoisotopic (exact) mass is 228 g/mol. The molecule has 6 nitrogen and oxygen atoms in total. The summed E-state index contributed by atoms with van der Waals surface area (Å²) in [4.78, 5) is 23.8. The zero-order chi connectivity index (χ0) is 12.3. The molecule has 0 spiro atoms. The fourth-order valence-corrected chi connectivity index (χ4v) is 1.78. The highest BCUT2D eigenvalue weighted by atomic mass is 16.4. The summed E-state index contributed by atoms with van der Waals surface area (Å²) in [6.45, 7) is 3.49. The minimum absolute atomic E-state index is 0.0284. The first-order chi connectivity index (χ1) is 7.47. The van der Waals surface area contributed by atoms with Crippen LogP contribution >= 0.6 is 0 Å². The topological polar surface area (TPSA) is 104 Å². The van der Waals surface area contributed by atoms with Gasteiger partial charge in [-0.25, -0.2) is 4.79 Å². The Hall–Kier alpha value is -1.40. The quantitative estimate of drug-likeness (QED) is 0.532. The van der Waals surface area contributed by atoms with Crippen molar-refractivity contribution in [1.29, 1.82) is 0 Å². The Morgan fingerprint density at radius 3 is 2.75 bits per heavy atom. The van der Waals surface area contributed by atoms with Crippen molar-refractivity contribution in [3.63, 3.8) is 0 Å². The summed E-state index contributed by atoms with van der Waals surface area (Å²) >= 11 is 0. The Bertz CT molecular complexity index is 305. The SMILES string of the molecule is C=CCC(N)C(=O)N1CC(O)C[C@H]1C(=O)O. The molecule has 1 rings (SSSR count). The number of carbonyl (C=O) groups excluding carboxylic acids is 1. The first-order valence-corrected chi connectivity index (χ1v) is 5.05. The van der Waals surface area contributed by atoms with Gasteiger partial charge in [0.25, 0.3) is 0 Å². The summed E-state index contributed by atoms with van der Waals surface area (Å²) in [5.74, 6) is -1.57. The van der Waals surface area contributed by atoms with Crippen LogP contribution in [0.2, 0.25) is 0 Å². The lowest BCUT2D eigenvalue weighted by molar-refractivity contribution is -0.148. The summed E-state index contributed by atoms with van der Waals surface area (Å²) < 4.78 is 0. The van der Waals surface area contributed by atoms with Gasteiger partial charge < -0.3 is 20.8 Å². The van der Waals surface area contributed by atoms with Crippen LogP contribution in [0.5, 0.6) is 0 Å². The number of amides is 1. The van der Waals surface area contributed by atoms with Gasteiger partial charge in [0.2, 0.25) is 5.91 Å². The van der Waals surface area contributed by atoms with E-state index >= 15 is 0 Å². The maximum Gasteiger partial charge on any atom is 0.326 e. The highest BCUT2D eigenvalue weighted by Crippen LogP contribution is 2.19. The van der Waals surface area contributed by atoms with Crippen molar-refractivity contribution in [2.75, 3.05) is 6.54 Å². The highest BCUT2D eigenvalue weighted by molar-refractivity contribution is 5.87. The van der Waals surface area contributed by atoms with Gasteiger partial charge in [0.15, 0.2) is 0 Å². The lowest BCUT2D eigenvalue weighted by atomic mass is 10.1. The molecule has 0 saturated carbocycles. The van der Waals surface area contributed by atoms with Crippen LogP contribution in [-0.4, -0.2) is 51.7 Å². The van der Waals surface area contributed by atoms with E-state index in [2.05, 4.69) is 6.58 Å². The number of carboxylic acids is 1. The van der Waals surface area contributed by atoms with Gasteiger partial charge in [-0.2, -0.15) is 0 Å². The second-order valence-electron chi connectivity index (χ2n) is 3.87. The van der Waals surface area contributed by atoms with E-state index in [0.29, 0.717) is 0 Å². The third-order valence-electron chi connectivity index (χ3n) is 2.58. The molecular weight excluding hydrogens is 212 g/mol. The van der Waals surface area contributed by atoms with Crippen molar-refractivity contribution in [2.24, 2.45) is 5.73 Å². The van der Waals surface area contributed by atoms with Crippen molar-refractivity contribution in [3.05, 3.63) is 12.7 Å². The van der Waals surface area contributed by atoms with E-state index in [1.54, 1.807) is 0 Å². The lowest BCUT2D eigenvalue weighted by Crippen LogP contribution is -2.48. The minimum Gasteiger partial charge on any atom is -0.480 e. The third-order valence-corrected chi connectivity index (χ3v) is 2.58. The highest BCUT2D eigenvalue weighted by Gasteiger charge is 2.40. The van der Waals surface area contributed by atoms with Crippen molar-refractivity contribution < 1.29 is 19.8 Å². The number of β-amino-alcohol motifs (C(OH)–C–C–N with tert-alkyl or cyclic N) is 1. The van der Waals surface area contributed by atoms with Crippen molar-refractivity contribution in [3.8, 4) is 0 Å². The van der Waals surface area contributed by atoms with Gasteiger partial charge in [-0.3, -0.25) is 4.79 Å². The predicted octanol–water partition coefficient (Wildman–Crippen LogP) is -1.06. The molecule has 1 amide bonds. The molecule has 1 saturated heterocycles. The number of likely N-dealkylation sites (tertiary alicyclic amines) is 1. The number of hydrogen-bond acceptors (Lipinski definition) is 4. The van der Waals surface area contributed by atoms with Crippen LogP contribution in [0.25, 0.3) is 0 Å². The number of carbonyl (C=O) groups is 2. The minimum atomic E-state index is -1.12. The zero-order valence-corrected chi connectivity index (χ0v) is 8.87. The van der Waals surface area contributed by atoms with E-state index in [4.69, 9.17) is 10.8 Å². The summed E-state index contributed by atoms with van der Waals surface area (Å²) in [7, 11) is 0. The molecule has 0 aliphatic carbocycles. The fourth-order valence-electron chi connectivity index (χ4n) is 1.78. The Balaban J connectivity index is 2.73. The van der Waals surface area contributed by atoms with Gasteiger partial charge >= 0.3 is 5.97 Å². The van der Waals surface area contributed by atoms with E-state index in [-0.39, 0.29) is 19.4 Å². The maximum atomic E-state index is 11.8. The molecule has 1 fully saturated rings. The number of aliphatic hydroxyl groups is 1. The molecule has 0 aromatic carbocycles. The number of nitrogens with zero attached hydrogens (tertiary/aromatic N) is 1. The summed E-state index contributed by atoms with van der Waals surface area (Å²) in [6, 6.07) is -1.76. The second kappa shape index (κ2) is 5.09. The van der Waals surface area contributed by atoms with Crippen LogP contribution in [0, 0.1) is 0 Å². The van der Waals surface area contributed by atoms with Gasteiger partial charge in [-0.05, 0) is 6.42 Å². The number of aliphatic carboxylic acids is 1. The zero-order valence-electron chi connectivity index (χ0n) is 8.87. The second-order valence-corrected chi connectivity index (χ2v) is 3.87. The molecule has 1 heterocycles. The summed E-state index contributed by atoms with van der Waals surface area (Å²) in [5, 5.41) is 18.3. The van der Waals surface area contributed by atoms with Crippen molar-refractivity contribution in [1.82, 2.24) is 4.90 Å². The standard InChI is InChI=1S/C10H16N2O4/c1-2-3-7(11)9(14)12-5-6(13)4-8(12)10(15)16/h2,6-8,13H,1,3-5,11H2,(H,15,16)/t6?,7?,8-/m0/s1. The molecule has 2 unspecified atom stereocenters. The average molecular weight is 228 g/mol. The molecule has 0 aromatic rings. The number of hydrogen-bond donors (Lipinski definition) is 3. The Morgan fingerprint density at radius 2 is 2.25 bits per heavy atom. The van der Waals surface area contributed by atoms with Crippen LogP contribution in [0.15, 0.2) is 12.7 Å². The smallest absolute Gasteiger partial charge is 0.326 e. The van der Waals surface area contributed by atoms with Crippen molar-refractivity contribution in [2.45, 2.75) is 31.0 Å². The average Bonchev–Trinajstić information content (AvgIpc) is 2.59. The van der Waals surface area contributed by atoms with Gasteiger partial charge in [-0.1, -0.05) is 6.08 Å². The molecule has 1 aliphatic heterocycles. The molecule has 16 heavy (non-hydrogen) atoms. The first kappa shape index (κ1) is 12.7. The Labute approximate surface area is 93.3 Å². The van der Waals surface area contributed by atoms with Gasteiger partial charge in [0.05, 0.1) is 12.1 Å². The van der Waals surface area contributed by atoms with Crippen LogP contribution in [0.1, 0.15) is 12.8 Å². The molecule has 1 aliphatic rings. The number of nitrogens with two attached hydrogens (primary N) is 1. The molecular formula is C10H16N2O4. The molecule has 0 aromatic heterocycles. The van der Waals surface area contributed by atoms with E-state index in [1.165, 1.54) is 6.08 Å². The fraction of sp³-hybridized carbons (Fsp3) is 0.600. The normalized spacial score (nSPS) is 26.5. The summed E-state index contributed by atoms with van der Waals surface area (Å²) in [5.41, 5.74) is 5.58. The molecule has 0 bridgehead atoms. The van der Waals surface area contributed by atoms with Crippen LogP contribution < -0.4 is 5.73 Å². The largest absolute Gasteiger partial charge is 0.480 e. The van der Waals surface area contributed by atoms with Crippen LogP contribution in [-0.2, 0) is 9.59 Å². The molecule has 3 atom stereocenters. The van der Waals surface area contributed by atoms with E-state index in [0.717, 1.165) is 4.90 Å². The van der Waals surface area contributed by atoms with Crippen molar-refractivity contribution >= 4 is 11.9 Å². The van der Waals surface area contributed by atoms with E-state index < -0.39 is 30.1 Å². The van der Waals surface area contributed by atoms with E-state index in [1.807, 2.05) is 0 Å². The molecule has 0 radical (unpaired) electrons. The summed E-state index contributed by atoms with van der Waals surface area (Å²) in [6.07, 6.45) is 1.06. The number of carboxylic acid groups (broad SMARTS) is 1. The van der Waals surface area contributed by atoms with Crippen LogP contribution in [0.3, 0.4) is 0 Å². The Morgan fingerprint density at radius 1 is 1.62 bits per heavy atom. The first-order valence-electron chi connectivity index (χ1n) is 5.05. The lowest BCUT2D eigenvalue weighted by Gasteiger charge is -2.23. The third kappa shape index (κ3) is 2.59. The molecule has 4 N–H and O–H groups in total.